The standard InChI is InChI=1S/C8H11BrN2O/c1-5(10)8-6(9)3-4-7(12)11(8)2/h3-5H,10H2,1-2H3. The van der Waals surface area contributed by atoms with Crippen molar-refractivity contribution in [2.45, 2.75) is 13.0 Å². The highest BCUT2D eigenvalue weighted by Gasteiger charge is 2.08. The summed E-state index contributed by atoms with van der Waals surface area (Å²) in [6.07, 6.45) is 0. The molecule has 66 valence electrons. The minimum Gasteiger partial charge on any atom is -0.323 e. The highest BCUT2D eigenvalue weighted by molar-refractivity contribution is 9.10. The summed E-state index contributed by atoms with van der Waals surface area (Å²) in [4.78, 5) is 11.2. The van der Waals surface area contributed by atoms with Crippen LogP contribution in [0.2, 0.25) is 0 Å². The Hall–Kier alpha value is -0.610. The lowest BCUT2D eigenvalue weighted by Gasteiger charge is -2.12. The molecule has 0 radical (unpaired) electrons. The molecule has 0 aliphatic rings. The molecule has 1 aromatic heterocycles. The van der Waals surface area contributed by atoms with Crippen molar-refractivity contribution in [3.05, 3.63) is 32.7 Å². The lowest BCUT2D eigenvalue weighted by molar-refractivity contribution is 0.680. The SMILES string of the molecule is CC(N)c1c(Br)ccc(=O)n1C. The van der Waals surface area contributed by atoms with Gasteiger partial charge in [-0.25, -0.2) is 0 Å². The Kier molecular flexibility index (Phi) is 2.69. The molecule has 2 N–H and O–H groups in total. The van der Waals surface area contributed by atoms with E-state index in [9.17, 15) is 4.79 Å². The van der Waals surface area contributed by atoms with Crippen LogP contribution in [0.1, 0.15) is 18.7 Å². The molecule has 1 rings (SSSR count). The van der Waals surface area contributed by atoms with E-state index in [0.29, 0.717) is 0 Å². The third-order valence-corrected chi connectivity index (χ3v) is 2.41. The molecule has 0 amide bonds. The van der Waals surface area contributed by atoms with Crippen molar-refractivity contribution in [2.75, 3.05) is 0 Å². The van der Waals surface area contributed by atoms with Crippen LogP contribution in [-0.2, 0) is 7.05 Å². The van der Waals surface area contributed by atoms with Gasteiger partial charge in [0, 0.05) is 23.6 Å². The molecular weight excluding hydrogens is 220 g/mol. The van der Waals surface area contributed by atoms with Crippen LogP contribution in [0, 0.1) is 0 Å². The Morgan fingerprint density at radius 2 is 2.17 bits per heavy atom. The Bertz CT molecular complexity index is 343. The molecule has 0 aliphatic carbocycles. The molecular formula is C8H11BrN2O. The first-order valence-corrected chi connectivity index (χ1v) is 4.44. The molecule has 4 heteroatoms. The highest BCUT2D eigenvalue weighted by Crippen LogP contribution is 2.18. The fourth-order valence-electron chi connectivity index (χ4n) is 1.14. The molecule has 1 aromatic rings. The normalized spacial score (nSPS) is 13.0. The van der Waals surface area contributed by atoms with E-state index in [1.165, 1.54) is 6.07 Å². The minimum absolute atomic E-state index is 0.0366. The van der Waals surface area contributed by atoms with Gasteiger partial charge in [-0.2, -0.15) is 0 Å². The van der Waals surface area contributed by atoms with Crippen LogP contribution in [-0.4, -0.2) is 4.57 Å². The first kappa shape index (κ1) is 9.48. The van der Waals surface area contributed by atoms with Gasteiger partial charge < -0.3 is 10.3 Å². The average Bonchev–Trinajstić information content (AvgIpc) is 1.97. The molecule has 0 bridgehead atoms. The van der Waals surface area contributed by atoms with Crippen molar-refractivity contribution >= 4 is 15.9 Å². The van der Waals surface area contributed by atoms with Crippen molar-refractivity contribution in [1.29, 1.82) is 0 Å². The summed E-state index contributed by atoms with van der Waals surface area (Å²) in [7, 11) is 1.71. The summed E-state index contributed by atoms with van der Waals surface area (Å²) in [6.45, 7) is 1.85. The zero-order valence-corrected chi connectivity index (χ0v) is 8.63. The van der Waals surface area contributed by atoms with E-state index in [1.54, 1.807) is 17.7 Å². The monoisotopic (exact) mass is 230 g/mol. The molecule has 0 aliphatic heterocycles. The fraction of sp³-hybridized carbons (Fsp3) is 0.375. The van der Waals surface area contributed by atoms with E-state index in [2.05, 4.69) is 15.9 Å². The average molecular weight is 231 g/mol. The second kappa shape index (κ2) is 3.41. The summed E-state index contributed by atoms with van der Waals surface area (Å²) in [5.74, 6) is 0. The first-order chi connectivity index (χ1) is 5.54. The van der Waals surface area contributed by atoms with Gasteiger partial charge in [0.1, 0.15) is 0 Å². The van der Waals surface area contributed by atoms with E-state index in [1.807, 2.05) is 6.92 Å². The lowest BCUT2D eigenvalue weighted by atomic mass is 10.2. The zero-order chi connectivity index (χ0) is 9.30. The van der Waals surface area contributed by atoms with Crippen molar-refractivity contribution in [3.63, 3.8) is 0 Å². The Balaban J connectivity index is 3.43. The zero-order valence-electron chi connectivity index (χ0n) is 7.04. The van der Waals surface area contributed by atoms with Gasteiger partial charge in [0.05, 0.1) is 5.69 Å². The van der Waals surface area contributed by atoms with Gasteiger partial charge in [0.2, 0.25) is 0 Å². The lowest BCUT2D eigenvalue weighted by Crippen LogP contribution is -2.23. The van der Waals surface area contributed by atoms with E-state index in [4.69, 9.17) is 5.73 Å². The smallest absolute Gasteiger partial charge is 0.250 e. The topological polar surface area (TPSA) is 48.0 Å². The molecule has 0 aromatic carbocycles. The van der Waals surface area contributed by atoms with Gasteiger partial charge in [-0.1, -0.05) is 0 Å². The maximum Gasteiger partial charge on any atom is 0.250 e. The summed E-state index contributed by atoms with van der Waals surface area (Å²) >= 11 is 3.34. The molecule has 0 spiro atoms. The molecule has 12 heavy (non-hydrogen) atoms. The van der Waals surface area contributed by atoms with Gasteiger partial charge in [-0.05, 0) is 28.9 Å². The van der Waals surface area contributed by atoms with E-state index in [-0.39, 0.29) is 11.6 Å². The second-order valence-corrected chi connectivity index (χ2v) is 3.61. The molecule has 0 fully saturated rings. The largest absolute Gasteiger partial charge is 0.323 e. The van der Waals surface area contributed by atoms with Crippen LogP contribution in [0.4, 0.5) is 0 Å². The van der Waals surface area contributed by atoms with Crippen molar-refractivity contribution in [3.8, 4) is 0 Å². The van der Waals surface area contributed by atoms with Crippen LogP contribution in [0.3, 0.4) is 0 Å². The highest BCUT2D eigenvalue weighted by atomic mass is 79.9. The van der Waals surface area contributed by atoms with Crippen molar-refractivity contribution < 1.29 is 0 Å². The number of pyridine rings is 1. The molecule has 3 nitrogen and oxygen atoms in total. The Morgan fingerprint density at radius 1 is 1.58 bits per heavy atom. The number of nitrogens with zero attached hydrogens (tertiary/aromatic N) is 1. The van der Waals surface area contributed by atoms with Crippen LogP contribution in [0.25, 0.3) is 0 Å². The molecule has 0 saturated carbocycles. The number of aromatic nitrogens is 1. The Morgan fingerprint density at radius 3 is 2.58 bits per heavy atom. The minimum atomic E-state index is -0.140. The summed E-state index contributed by atoms with van der Waals surface area (Å²) in [5, 5.41) is 0. The summed E-state index contributed by atoms with van der Waals surface area (Å²) < 4.78 is 2.42. The molecule has 1 heterocycles. The van der Waals surface area contributed by atoms with Crippen molar-refractivity contribution in [2.24, 2.45) is 12.8 Å². The van der Waals surface area contributed by atoms with Gasteiger partial charge in [0.15, 0.2) is 0 Å². The first-order valence-electron chi connectivity index (χ1n) is 3.65. The van der Waals surface area contributed by atoms with Crippen molar-refractivity contribution in [1.82, 2.24) is 4.57 Å². The maximum absolute atomic E-state index is 11.2. The van der Waals surface area contributed by atoms with Crippen LogP contribution in [0.15, 0.2) is 21.4 Å². The van der Waals surface area contributed by atoms with Crippen LogP contribution < -0.4 is 11.3 Å². The predicted octanol–water partition coefficient (Wildman–Crippen LogP) is 1.17. The number of rotatable bonds is 1. The fourth-order valence-corrected chi connectivity index (χ4v) is 1.90. The summed E-state index contributed by atoms with van der Waals surface area (Å²) in [6, 6.07) is 3.09. The number of halogens is 1. The predicted molar refractivity (Wildman–Crippen MR) is 52.0 cm³/mol. The van der Waals surface area contributed by atoms with Gasteiger partial charge in [0.25, 0.3) is 5.56 Å². The molecule has 0 saturated heterocycles. The molecule has 1 atom stereocenters. The van der Waals surface area contributed by atoms with Crippen LogP contribution >= 0.6 is 15.9 Å². The molecule has 1 unspecified atom stereocenters. The maximum atomic E-state index is 11.2. The van der Waals surface area contributed by atoms with Gasteiger partial charge >= 0.3 is 0 Å². The number of hydrogen-bond acceptors (Lipinski definition) is 2. The second-order valence-electron chi connectivity index (χ2n) is 2.75. The van der Waals surface area contributed by atoms with Gasteiger partial charge in [-0.15, -0.1) is 0 Å². The quantitative estimate of drug-likeness (QED) is 0.788. The van der Waals surface area contributed by atoms with Gasteiger partial charge in [-0.3, -0.25) is 4.79 Å². The number of hydrogen-bond donors (Lipinski definition) is 1. The van der Waals surface area contributed by atoms with E-state index in [0.717, 1.165) is 10.2 Å². The third kappa shape index (κ3) is 1.59. The Labute approximate surface area is 79.3 Å². The van der Waals surface area contributed by atoms with E-state index < -0.39 is 0 Å². The number of nitrogens with two attached hydrogens (primary N) is 1. The van der Waals surface area contributed by atoms with E-state index >= 15 is 0 Å². The van der Waals surface area contributed by atoms with Crippen LogP contribution in [0.5, 0.6) is 0 Å². The third-order valence-electron chi connectivity index (χ3n) is 1.74. The summed E-state index contributed by atoms with van der Waals surface area (Å²) in [5.41, 5.74) is 6.48.